The first-order chi connectivity index (χ1) is 28.2. The van der Waals surface area contributed by atoms with E-state index in [-0.39, 0.29) is 0 Å². The van der Waals surface area contributed by atoms with Crippen molar-refractivity contribution in [2.75, 3.05) is 4.90 Å². The highest BCUT2D eigenvalue weighted by Gasteiger charge is 2.22. The zero-order chi connectivity index (χ0) is 37.7. The Morgan fingerprint density at radius 1 is 0.298 bits per heavy atom. The van der Waals surface area contributed by atoms with Crippen molar-refractivity contribution < 1.29 is 0 Å². The summed E-state index contributed by atoms with van der Waals surface area (Å²) in [7, 11) is 0. The van der Waals surface area contributed by atoms with E-state index >= 15 is 0 Å². The lowest BCUT2D eigenvalue weighted by molar-refractivity contribution is 1.31. The topological polar surface area (TPSA) is 3.24 Å². The third kappa shape index (κ3) is 6.00. The first-order valence-corrected chi connectivity index (χ1v) is 21.0. The normalized spacial score (nSPS) is 11.5. The van der Waals surface area contributed by atoms with Crippen molar-refractivity contribution in [2.24, 2.45) is 0 Å². The third-order valence-electron chi connectivity index (χ3n) is 11.1. The quantitative estimate of drug-likeness (QED) is 0.156. The number of anilines is 3. The summed E-state index contributed by atoms with van der Waals surface area (Å²) in [6, 6.07) is 77.5. The molecule has 57 heavy (non-hydrogen) atoms. The highest BCUT2D eigenvalue weighted by Crippen LogP contribution is 2.49. The van der Waals surface area contributed by atoms with E-state index in [2.05, 4.69) is 217 Å². The van der Waals surface area contributed by atoms with Crippen LogP contribution in [0.25, 0.3) is 84.9 Å². The Hall–Kier alpha value is -6.78. The summed E-state index contributed by atoms with van der Waals surface area (Å²) in [5.74, 6) is 0. The molecule has 0 radical (unpaired) electrons. The molecule has 2 aromatic heterocycles. The lowest BCUT2D eigenvalue weighted by Gasteiger charge is -2.27. The second kappa shape index (κ2) is 14.1. The SMILES string of the molecule is c1ccc(-c2ccc(-c3ccc(N(c4ccc5c(c4)sc4cc(-c6ccccc6)ccc45)c4ccc(-c5ccccc5)c5sc6ccccc6c45)cc3)cc2)cc1. The summed E-state index contributed by atoms with van der Waals surface area (Å²) in [6.45, 7) is 0. The fourth-order valence-corrected chi connectivity index (χ4v) is 10.7. The molecule has 268 valence electrons. The van der Waals surface area contributed by atoms with E-state index < -0.39 is 0 Å². The molecule has 0 saturated carbocycles. The number of benzene rings is 9. The lowest BCUT2D eigenvalue weighted by atomic mass is 9.99. The molecule has 0 aliphatic carbocycles. The van der Waals surface area contributed by atoms with E-state index in [1.807, 2.05) is 22.7 Å². The molecule has 9 aromatic carbocycles. The number of rotatable bonds is 7. The van der Waals surface area contributed by atoms with Gasteiger partial charge in [-0.15, -0.1) is 22.7 Å². The van der Waals surface area contributed by atoms with Crippen LogP contribution >= 0.6 is 22.7 Å². The Balaban J connectivity index is 1.08. The van der Waals surface area contributed by atoms with Crippen molar-refractivity contribution in [2.45, 2.75) is 0 Å². The fourth-order valence-electron chi connectivity index (χ4n) is 8.27. The largest absolute Gasteiger partial charge is 0.310 e. The summed E-state index contributed by atoms with van der Waals surface area (Å²) >= 11 is 3.76. The molecule has 0 aliphatic heterocycles. The van der Waals surface area contributed by atoms with Gasteiger partial charge >= 0.3 is 0 Å². The molecule has 11 rings (SSSR count). The van der Waals surface area contributed by atoms with Crippen molar-refractivity contribution >= 4 is 80.1 Å². The van der Waals surface area contributed by atoms with Gasteiger partial charge < -0.3 is 4.90 Å². The summed E-state index contributed by atoms with van der Waals surface area (Å²) in [5, 5.41) is 5.15. The first kappa shape index (κ1) is 33.5. The van der Waals surface area contributed by atoms with Crippen LogP contribution in [0, 0.1) is 0 Å². The zero-order valence-corrected chi connectivity index (χ0v) is 32.6. The molecule has 0 amide bonds. The number of fused-ring (bicyclic) bond motifs is 6. The van der Waals surface area contributed by atoms with Crippen LogP contribution < -0.4 is 4.90 Å². The van der Waals surface area contributed by atoms with Gasteiger partial charge in [0.25, 0.3) is 0 Å². The molecule has 0 atom stereocenters. The first-order valence-electron chi connectivity index (χ1n) is 19.3. The van der Waals surface area contributed by atoms with Crippen molar-refractivity contribution in [3.05, 3.63) is 212 Å². The van der Waals surface area contributed by atoms with E-state index in [0.717, 1.165) is 11.4 Å². The molecule has 0 fully saturated rings. The Morgan fingerprint density at radius 3 is 1.46 bits per heavy atom. The molecule has 3 heteroatoms. The third-order valence-corrected chi connectivity index (χ3v) is 13.4. The predicted octanol–water partition coefficient (Wildman–Crippen LogP) is 16.6. The van der Waals surface area contributed by atoms with E-state index in [1.165, 1.54) is 90.5 Å². The maximum absolute atomic E-state index is 2.47. The smallest absolute Gasteiger partial charge is 0.0555 e. The molecule has 0 saturated heterocycles. The molecule has 0 aliphatic rings. The summed E-state index contributed by atoms with van der Waals surface area (Å²) in [6.07, 6.45) is 0. The van der Waals surface area contributed by atoms with Crippen LogP contribution in [-0.4, -0.2) is 0 Å². The number of hydrogen-bond acceptors (Lipinski definition) is 3. The fraction of sp³-hybridized carbons (Fsp3) is 0. The van der Waals surface area contributed by atoms with Gasteiger partial charge in [0.05, 0.1) is 5.69 Å². The molecular formula is C54H35NS2. The maximum atomic E-state index is 2.47. The predicted molar refractivity (Wildman–Crippen MR) is 249 cm³/mol. The Bertz CT molecular complexity index is 3200. The molecular weight excluding hydrogens is 727 g/mol. The highest BCUT2D eigenvalue weighted by molar-refractivity contribution is 7.26. The zero-order valence-electron chi connectivity index (χ0n) is 31.0. The van der Waals surface area contributed by atoms with Crippen LogP contribution in [0.1, 0.15) is 0 Å². The van der Waals surface area contributed by atoms with Crippen molar-refractivity contribution in [3.63, 3.8) is 0 Å². The summed E-state index contributed by atoms with van der Waals surface area (Å²) < 4.78 is 5.17. The average Bonchev–Trinajstić information content (AvgIpc) is 3.86. The van der Waals surface area contributed by atoms with Gasteiger partial charge in [0, 0.05) is 51.7 Å². The molecule has 0 spiro atoms. The van der Waals surface area contributed by atoms with Gasteiger partial charge in [-0.05, 0) is 87.0 Å². The van der Waals surface area contributed by atoms with Crippen molar-refractivity contribution in [1.82, 2.24) is 0 Å². The van der Waals surface area contributed by atoms with E-state index in [4.69, 9.17) is 0 Å². The standard InChI is InChI=1S/C54H35NS2/c1-4-12-36(13-5-1)38-20-22-39(23-21-38)40-24-27-43(28-25-40)55(44-29-31-47-46-30-26-42(37-14-6-2-7-15-37)34-51(46)56-52(47)35-44)49-33-32-45(41-16-8-3-9-17-41)54-53(49)48-18-10-11-19-50(48)57-54/h1-35H. The molecule has 0 unspecified atom stereocenters. The highest BCUT2D eigenvalue weighted by atomic mass is 32.1. The number of thiophene rings is 2. The van der Waals surface area contributed by atoms with Gasteiger partial charge in [-0.25, -0.2) is 0 Å². The summed E-state index contributed by atoms with van der Waals surface area (Å²) in [5.41, 5.74) is 13.3. The van der Waals surface area contributed by atoms with Gasteiger partial charge in [0.1, 0.15) is 0 Å². The van der Waals surface area contributed by atoms with Crippen molar-refractivity contribution in [1.29, 1.82) is 0 Å². The van der Waals surface area contributed by atoms with Gasteiger partial charge in [-0.3, -0.25) is 0 Å². The lowest BCUT2D eigenvalue weighted by Crippen LogP contribution is -2.10. The van der Waals surface area contributed by atoms with E-state index in [9.17, 15) is 0 Å². The van der Waals surface area contributed by atoms with E-state index in [0.29, 0.717) is 0 Å². The van der Waals surface area contributed by atoms with Gasteiger partial charge in [-0.1, -0.05) is 170 Å². The monoisotopic (exact) mass is 761 g/mol. The number of nitrogens with zero attached hydrogens (tertiary/aromatic N) is 1. The minimum absolute atomic E-state index is 1.12. The second-order valence-corrected chi connectivity index (χ2v) is 16.6. The van der Waals surface area contributed by atoms with Gasteiger partial charge in [0.15, 0.2) is 0 Å². The van der Waals surface area contributed by atoms with Crippen LogP contribution in [0.3, 0.4) is 0 Å². The Morgan fingerprint density at radius 2 is 0.789 bits per heavy atom. The second-order valence-electron chi connectivity index (χ2n) is 14.5. The van der Waals surface area contributed by atoms with E-state index in [1.54, 1.807) is 0 Å². The Labute approximate surface area is 340 Å². The summed E-state index contributed by atoms with van der Waals surface area (Å²) in [4.78, 5) is 2.47. The van der Waals surface area contributed by atoms with Gasteiger partial charge in [-0.2, -0.15) is 0 Å². The van der Waals surface area contributed by atoms with Crippen LogP contribution in [0.4, 0.5) is 17.1 Å². The molecule has 0 N–H and O–H groups in total. The minimum atomic E-state index is 1.12. The maximum Gasteiger partial charge on any atom is 0.0555 e. The van der Waals surface area contributed by atoms with Crippen LogP contribution in [-0.2, 0) is 0 Å². The number of hydrogen-bond donors (Lipinski definition) is 0. The molecule has 0 bridgehead atoms. The van der Waals surface area contributed by atoms with Gasteiger partial charge in [0.2, 0.25) is 0 Å². The minimum Gasteiger partial charge on any atom is -0.310 e. The Kier molecular flexibility index (Phi) is 8.28. The average molecular weight is 762 g/mol. The van der Waals surface area contributed by atoms with Crippen molar-refractivity contribution in [3.8, 4) is 44.5 Å². The van der Waals surface area contributed by atoms with Crippen LogP contribution in [0.15, 0.2) is 212 Å². The molecule has 11 aromatic rings. The van der Waals surface area contributed by atoms with Crippen LogP contribution in [0.5, 0.6) is 0 Å². The molecule has 1 nitrogen and oxygen atoms in total. The van der Waals surface area contributed by atoms with Crippen LogP contribution in [0.2, 0.25) is 0 Å². The molecule has 2 heterocycles.